The van der Waals surface area contributed by atoms with Crippen molar-refractivity contribution in [1.82, 2.24) is 5.32 Å². The summed E-state index contributed by atoms with van der Waals surface area (Å²) < 4.78 is 0. The van der Waals surface area contributed by atoms with E-state index in [4.69, 9.17) is 5.11 Å². The molecule has 0 aliphatic rings. The molecule has 2 N–H and O–H groups in total. The predicted molar refractivity (Wildman–Crippen MR) is 62.1 cm³/mol. The quantitative estimate of drug-likeness (QED) is 0.444. The van der Waals surface area contributed by atoms with Gasteiger partial charge in [-0.15, -0.1) is 0 Å². The lowest BCUT2D eigenvalue weighted by molar-refractivity contribution is -0.384. The molecular weight excluding hydrogens is 240 g/mol. The van der Waals surface area contributed by atoms with Crippen molar-refractivity contribution < 1.29 is 19.6 Å². The summed E-state index contributed by atoms with van der Waals surface area (Å²) in [5.41, 5.74) is 0.0556. The Balaban J connectivity index is 2.88. The number of hydrogen-bond acceptors (Lipinski definition) is 5. The number of carbonyl (C=O) groups excluding carboxylic acids is 2. The number of nitro groups is 1. The van der Waals surface area contributed by atoms with E-state index in [0.717, 1.165) is 0 Å². The summed E-state index contributed by atoms with van der Waals surface area (Å²) in [5, 5.41) is 21.7. The molecule has 0 heterocycles. The number of aliphatic hydroxyl groups is 1. The fourth-order valence-electron chi connectivity index (χ4n) is 1.39. The minimum absolute atomic E-state index is 0.133. The second kappa shape index (κ2) is 5.87. The highest BCUT2D eigenvalue weighted by atomic mass is 16.6. The molecule has 7 nitrogen and oxygen atoms in total. The largest absolute Gasteiger partial charge is 0.394 e. The molecule has 0 radical (unpaired) electrons. The Labute approximate surface area is 103 Å². The minimum atomic E-state index is -1.04. The van der Waals surface area contributed by atoms with Crippen LogP contribution in [0.2, 0.25) is 0 Å². The molecule has 18 heavy (non-hydrogen) atoms. The standard InChI is InChI=1S/C11H12N2O5/c1-7(15)12-10(6-14)11(16)8-2-4-9(5-3-8)13(17)18/h2-5,10,14H,6H2,1H3,(H,12,15)/t10-/m1/s1. The van der Waals surface area contributed by atoms with Gasteiger partial charge in [-0.05, 0) is 12.1 Å². The van der Waals surface area contributed by atoms with E-state index in [1.54, 1.807) is 0 Å². The third kappa shape index (κ3) is 3.36. The highest BCUT2D eigenvalue weighted by Gasteiger charge is 2.20. The van der Waals surface area contributed by atoms with Crippen LogP contribution in [0.4, 0.5) is 5.69 Å². The molecule has 0 aliphatic heterocycles. The van der Waals surface area contributed by atoms with Crippen LogP contribution in [0.25, 0.3) is 0 Å². The SMILES string of the molecule is CC(=O)N[C@H](CO)C(=O)c1ccc([N+](=O)[O-])cc1. The minimum Gasteiger partial charge on any atom is -0.394 e. The molecule has 0 spiro atoms. The number of hydrogen-bond donors (Lipinski definition) is 2. The zero-order chi connectivity index (χ0) is 13.7. The molecule has 1 aromatic carbocycles. The van der Waals surface area contributed by atoms with Crippen LogP contribution in [-0.2, 0) is 4.79 Å². The number of ketones is 1. The van der Waals surface area contributed by atoms with Crippen molar-refractivity contribution in [2.24, 2.45) is 0 Å². The van der Waals surface area contributed by atoms with E-state index in [0.29, 0.717) is 0 Å². The summed E-state index contributed by atoms with van der Waals surface area (Å²) >= 11 is 0. The van der Waals surface area contributed by atoms with Gasteiger partial charge in [-0.1, -0.05) is 0 Å². The number of nitrogens with one attached hydrogen (secondary N) is 1. The molecule has 0 aliphatic carbocycles. The highest BCUT2D eigenvalue weighted by molar-refractivity contribution is 6.02. The van der Waals surface area contributed by atoms with Gasteiger partial charge in [0.2, 0.25) is 5.91 Å². The van der Waals surface area contributed by atoms with Crippen LogP contribution in [0.15, 0.2) is 24.3 Å². The van der Waals surface area contributed by atoms with Crippen LogP contribution in [0, 0.1) is 10.1 Å². The molecule has 1 aromatic rings. The Kier molecular flexibility index (Phi) is 4.50. The summed E-state index contributed by atoms with van der Waals surface area (Å²) in [6.45, 7) is 0.696. The van der Waals surface area contributed by atoms with E-state index in [1.165, 1.54) is 31.2 Å². The molecule has 0 unspecified atom stereocenters. The number of Topliss-reactive ketones (excluding diaryl/α,β-unsaturated/α-hetero) is 1. The van der Waals surface area contributed by atoms with E-state index in [-0.39, 0.29) is 11.3 Å². The van der Waals surface area contributed by atoms with Crippen molar-refractivity contribution in [1.29, 1.82) is 0 Å². The highest BCUT2D eigenvalue weighted by Crippen LogP contribution is 2.13. The van der Waals surface area contributed by atoms with E-state index < -0.39 is 29.3 Å². The molecule has 1 rings (SSSR count). The van der Waals surface area contributed by atoms with Gasteiger partial charge in [0.1, 0.15) is 6.04 Å². The predicted octanol–water partition coefficient (Wildman–Crippen LogP) is 0.274. The van der Waals surface area contributed by atoms with Crippen molar-refractivity contribution in [2.75, 3.05) is 6.61 Å². The number of rotatable bonds is 5. The first-order valence-electron chi connectivity index (χ1n) is 5.12. The zero-order valence-electron chi connectivity index (χ0n) is 9.62. The molecule has 0 saturated carbocycles. The van der Waals surface area contributed by atoms with Gasteiger partial charge in [0.15, 0.2) is 5.78 Å². The third-order valence-electron chi connectivity index (χ3n) is 2.24. The first-order valence-corrected chi connectivity index (χ1v) is 5.12. The van der Waals surface area contributed by atoms with Crippen molar-refractivity contribution in [3.8, 4) is 0 Å². The lowest BCUT2D eigenvalue weighted by Gasteiger charge is -2.13. The maximum atomic E-state index is 11.8. The van der Waals surface area contributed by atoms with Crippen LogP contribution in [0.5, 0.6) is 0 Å². The van der Waals surface area contributed by atoms with Gasteiger partial charge in [-0.2, -0.15) is 0 Å². The molecule has 0 aromatic heterocycles. The Morgan fingerprint density at radius 1 is 1.39 bits per heavy atom. The van der Waals surface area contributed by atoms with Crippen molar-refractivity contribution in [2.45, 2.75) is 13.0 Å². The molecule has 0 saturated heterocycles. The zero-order valence-corrected chi connectivity index (χ0v) is 9.62. The van der Waals surface area contributed by atoms with Crippen molar-refractivity contribution in [3.63, 3.8) is 0 Å². The first kappa shape index (κ1) is 13.8. The van der Waals surface area contributed by atoms with Gasteiger partial charge in [0.25, 0.3) is 5.69 Å². The normalized spacial score (nSPS) is 11.7. The van der Waals surface area contributed by atoms with E-state index in [2.05, 4.69) is 5.32 Å². The summed E-state index contributed by atoms with van der Waals surface area (Å²) in [7, 11) is 0. The lowest BCUT2D eigenvalue weighted by atomic mass is 10.0. The molecule has 7 heteroatoms. The summed E-state index contributed by atoms with van der Waals surface area (Å²) in [6, 6.07) is 3.91. The monoisotopic (exact) mass is 252 g/mol. The average molecular weight is 252 g/mol. The summed E-state index contributed by atoms with van der Waals surface area (Å²) in [4.78, 5) is 32.5. The molecular formula is C11H12N2O5. The number of amides is 1. The number of carbonyl (C=O) groups is 2. The van der Waals surface area contributed by atoms with E-state index in [9.17, 15) is 19.7 Å². The van der Waals surface area contributed by atoms with Gasteiger partial charge < -0.3 is 10.4 Å². The molecule has 1 atom stereocenters. The number of nitrogens with zero attached hydrogens (tertiary/aromatic N) is 1. The maximum absolute atomic E-state index is 11.8. The topological polar surface area (TPSA) is 110 Å². The van der Waals surface area contributed by atoms with Crippen LogP contribution >= 0.6 is 0 Å². The van der Waals surface area contributed by atoms with E-state index in [1.807, 2.05) is 0 Å². The second-order valence-electron chi connectivity index (χ2n) is 3.60. The Hall–Kier alpha value is -2.28. The smallest absolute Gasteiger partial charge is 0.269 e. The fraction of sp³-hybridized carbons (Fsp3) is 0.273. The molecule has 0 fully saturated rings. The Morgan fingerprint density at radius 2 is 1.94 bits per heavy atom. The maximum Gasteiger partial charge on any atom is 0.269 e. The van der Waals surface area contributed by atoms with Crippen molar-refractivity contribution >= 4 is 17.4 Å². The van der Waals surface area contributed by atoms with E-state index >= 15 is 0 Å². The van der Waals surface area contributed by atoms with Crippen LogP contribution < -0.4 is 5.32 Å². The lowest BCUT2D eigenvalue weighted by Crippen LogP contribution is -2.42. The summed E-state index contributed by atoms with van der Waals surface area (Å²) in [5.74, 6) is -0.938. The van der Waals surface area contributed by atoms with Crippen LogP contribution in [-0.4, -0.2) is 34.4 Å². The van der Waals surface area contributed by atoms with Gasteiger partial charge in [0, 0.05) is 24.6 Å². The first-order chi connectivity index (χ1) is 8.45. The Bertz CT molecular complexity index is 469. The van der Waals surface area contributed by atoms with Gasteiger partial charge in [-0.3, -0.25) is 19.7 Å². The second-order valence-corrected chi connectivity index (χ2v) is 3.60. The third-order valence-corrected chi connectivity index (χ3v) is 2.24. The van der Waals surface area contributed by atoms with Gasteiger partial charge in [-0.25, -0.2) is 0 Å². The Morgan fingerprint density at radius 3 is 2.33 bits per heavy atom. The van der Waals surface area contributed by atoms with Gasteiger partial charge >= 0.3 is 0 Å². The molecule has 1 amide bonds. The van der Waals surface area contributed by atoms with Crippen LogP contribution in [0.3, 0.4) is 0 Å². The average Bonchev–Trinajstić information content (AvgIpc) is 2.35. The number of benzene rings is 1. The molecule has 0 bridgehead atoms. The summed E-state index contributed by atoms with van der Waals surface area (Å²) in [6.07, 6.45) is 0. The molecule has 96 valence electrons. The fourth-order valence-corrected chi connectivity index (χ4v) is 1.39. The number of nitro benzene ring substituents is 1. The van der Waals surface area contributed by atoms with Gasteiger partial charge in [0.05, 0.1) is 11.5 Å². The number of non-ortho nitro benzene ring substituents is 1. The van der Waals surface area contributed by atoms with Crippen LogP contribution in [0.1, 0.15) is 17.3 Å². The number of aliphatic hydroxyl groups excluding tert-OH is 1. The van der Waals surface area contributed by atoms with Crippen molar-refractivity contribution in [3.05, 3.63) is 39.9 Å².